The molecule has 1 N–H and O–H groups in total. The van der Waals surface area contributed by atoms with Gasteiger partial charge in [0.1, 0.15) is 0 Å². The van der Waals surface area contributed by atoms with Crippen molar-refractivity contribution in [3.05, 3.63) is 33.1 Å². The highest BCUT2D eigenvalue weighted by Gasteiger charge is 2.02. The van der Waals surface area contributed by atoms with Gasteiger partial charge in [-0.05, 0) is 12.5 Å². The van der Waals surface area contributed by atoms with Gasteiger partial charge in [0.25, 0.3) is 0 Å². The maximum Gasteiger partial charge on any atom is 0.204 e. The van der Waals surface area contributed by atoms with E-state index in [1.807, 2.05) is 0 Å². The zero-order chi connectivity index (χ0) is 8.97. The normalized spacial score (nSPS) is 10.1. The number of hydrogen-bond acceptors (Lipinski definition) is 2. The quantitative estimate of drug-likeness (QED) is 0.579. The van der Waals surface area contributed by atoms with E-state index in [4.69, 9.17) is 11.6 Å². The summed E-state index contributed by atoms with van der Waals surface area (Å²) in [7, 11) is 0. The van der Waals surface area contributed by atoms with Gasteiger partial charge in [-0.3, -0.25) is 10.1 Å². The molecule has 4 nitrogen and oxygen atoms in total. The van der Waals surface area contributed by atoms with Crippen molar-refractivity contribution in [3.63, 3.8) is 0 Å². The lowest BCUT2D eigenvalue weighted by Crippen LogP contribution is -2.02. The summed E-state index contributed by atoms with van der Waals surface area (Å²) in [5.41, 5.74) is 0.874. The van der Waals surface area contributed by atoms with Gasteiger partial charge in [0.15, 0.2) is 0 Å². The minimum Gasteiger partial charge on any atom is -0.364 e. The summed E-state index contributed by atoms with van der Waals surface area (Å²) < 4.78 is 0. The predicted octanol–water partition coefficient (Wildman–Crippen LogP) is 1.88. The first-order valence-electron chi connectivity index (χ1n) is 3.63. The molecule has 0 aliphatic rings. The lowest BCUT2D eigenvalue weighted by Gasteiger charge is -1.94. The zero-order valence-electron chi connectivity index (χ0n) is 6.42. The summed E-state index contributed by atoms with van der Waals surface area (Å²) in [6.07, 6.45) is 2.88. The lowest BCUT2D eigenvalue weighted by molar-refractivity contribution is -0.480. The van der Waals surface area contributed by atoms with Crippen molar-refractivity contribution in [1.82, 2.24) is 4.98 Å². The molecule has 0 amide bonds. The topological polar surface area (TPSA) is 58.9 Å². The third kappa shape index (κ3) is 2.54. The number of H-pyrrole nitrogens is 1. The fourth-order valence-electron chi connectivity index (χ4n) is 0.961. The molecule has 0 fully saturated rings. The Kier molecular flexibility index (Phi) is 3.10. The van der Waals surface area contributed by atoms with Crippen LogP contribution >= 0.6 is 11.6 Å². The van der Waals surface area contributed by atoms with Crippen LogP contribution in [0.25, 0.3) is 0 Å². The van der Waals surface area contributed by atoms with Gasteiger partial charge in [-0.25, -0.2) is 0 Å². The summed E-state index contributed by atoms with van der Waals surface area (Å²) >= 11 is 5.75. The Bertz CT molecular complexity index is 272. The van der Waals surface area contributed by atoms with E-state index in [1.165, 1.54) is 0 Å². The molecular formula is C7H9ClN2O2. The molecular weight excluding hydrogens is 180 g/mol. The van der Waals surface area contributed by atoms with Crippen molar-refractivity contribution in [1.29, 1.82) is 0 Å². The monoisotopic (exact) mass is 188 g/mol. The third-order valence-electron chi connectivity index (χ3n) is 1.54. The molecule has 0 unspecified atom stereocenters. The standard InChI is InChI=1S/C7H9ClN2O2/c8-6-3-4-9-7(6)2-1-5-10(11)12/h3-4,9H,1-2,5H2. The van der Waals surface area contributed by atoms with Crippen molar-refractivity contribution >= 4 is 11.6 Å². The van der Waals surface area contributed by atoms with Crippen LogP contribution in [0.15, 0.2) is 12.3 Å². The van der Waals surface area contributed by atoms with E-state index >= 15 is 0 Å². The predicted molar refractivity (Wildman–Crippen MR) is 46.0 cm³/mol. The SMILES string of the molecule is O=[N+]([O-])CCCc1[nH]ccc1Cl. The molecule has 0 saturated heterocycles. The van der Waals surface area contributed by atoms with Crippen molar-refractivity contribution in [3.8, 4) is 0 Å². The molecule has 0 aliphatic heterocycles. The molecule has 0 aromatic carbocycles. The maximum atomic E-state index is 9.98. The van der Waals surface area contributed by atoms with Crippen LogP contribution in [-0.2, 0) is 6.42 Å². The van der Waals surface area contributed by atoms with Gasteiger partial charge in [-0.1, -0.05) is 11.6 Å². The van der Waals surface area contributed by atoms with E-state index in [-0.39, 0.29) is 11.5 Å². The van der Waals surface area contributed by atoms with Gasteiger partial charge in [-0.15, -0.1) is 0 Å². The number of nitrogens with zero attached hydrogens (tertiary/aromatic N) is 1. The number of rotatable bonds is 4. The fourth-order valence-corrected chi connectivity index (χ4v) is 1.17. The van der Waals surface area contributed by atoms with Crippen molar-refractivity contribution in [2.24, 2.45) is 0 Å². The van der Waals surface area contributed by atoms with E-state index in [1.54, 1.807) is 12.3 Å². The Labute approximate surface area is 74.7 Å². The zero-order valence-corrected chi connectivity index (χ0v) is 7.17. The summed E-state index contributed by atoms with van der Waals surface area (Å²) in [6.45, 7) is -0.00461. The van der Waals surface area contributed by atoms with E-state index in [2.05, 4.69) is 4.98 Å². The first-order valence-corrected chi connectivity index (χ1v) is 4.01. The van der Waals surface area contributed by atoms with Crippen LogP contribution < -0.4 is 0 Å². The molecule has 0 atom stereocenters. The van der Waals surface area contributed by atoms with Gasteiger partial charge in [0, 0.05) is 23.2 Å². The maximum absolute atomic E-state index is 9.98. The largest absolute Gasteiger partial charge is 0.364 e. The minimum atomic E-state index is -0.323. The summed E-state index contributed by atoms with van der Waals surface area (Å²) in [4.78, 5) is 12.6. The highest BCUT2D eigenvalue weighted by molar-refractivity contribution is 6.31. The van der Waals surface area contributed by atoms with Gasteiger partial charge in [0.05, 0.1) is 5.02 Å². The average Bonchev–Trinajstić information content (AvgIpc) is 2.36. The van der Waals surface area contributed by atoms with E-state index < -0.39 is 0 Å². The summed E-state index contributed by atoms with van der Waals surface area (Å²) in [6, 6.07) is 1.74. The van der Waals surface area contributed by atoms with Crippen LogP contribution in [0.1, 0.15) is 12.1 Å². The van der Waals surface area contributed by atoms with Crippen LogP contribution in [0.3, 0.4) is 0 Å². The molecule has 1 heterocycles. The second kappa shape index (κ2) is 4.11. The van der Waals surface area contributed by atoms with Crippen LogP contribution in [0.2, 0.25) is 5.02 Å². The minimum absolute atomic E-state index is 0.00461. The Morgan fingerprint density at radius 2 is 2.42 bits per heavy atom. The molecule has 0 radical (unpaired) electrons. The third-order valence-corrected chi connectivity index (χ3v) is 1.90. The van der Waals surface area contributed by atoms with Gasteiger partial charge >= 0.3 is 0 Å². The molecule has 0 spiro atoms. The van der Waals surface area contributed by atoms with Crippen LogP contribution in [0.4, 0.5) is 0 Å². The first-order chi connectivity index (χ1) is 5.70. The van der Waals surface area contributed by atoms with Crippen molar-refractivity contribution in [2.75, 3.05) is 6.54 Å². The number of aromatic nitrogens is 1. The molecule has 0 saturated carbocycles. The van der Waals surface area contributed by atoms with E-state index in [9.17, 15) is 10.1 Å². The number of hydrogen-bond donors (Lipinski definition) is 1. The van der Waals surface area contributed by atoms with Crippen molar-refractivity contribution < 1.29 is 4.92 Å². The second-order valence-electron chi connectivity index (χ2n) is 2.46. The van der Waals surface area contributed by atoms with Gasteiger partial charge < -0.3 is 4.98 Å². The molecule has 0 aliphatic carbocycles. The number of aryl methyl sites for hydroxylation is 1. The Hall–Kier alpha value is -1.03. The smallest absolute Gasteiger partial charge is 0.204 e. The summed E-state index contributed by atoms with van der Waals surface area (Å²) in [5.74, 6) is 0. The molecule has 1 aromatic heterocycles. The van der Waals surface area contributed by atoms with Gasteiger partial charge in [-0.2, -0.15) is 0 Å². The number of aromatic amines is 1. The molecule has 1 rings (SSSR count). The van der Waals surface area contributed by atoms with E-state index in [0.29, 0.717) is 17.9 Å². The Balaban J connectivity index is 2.33. The molecule has 1 aromatic rings. The van der Waals surface area contributed by atoms with Crippen LogP contribution in [0, 0.1) is 10.1 Å². The van der Waals surface area contributed by atoms with Gasteiger partial charge in [0.2, 0.25) is 6.54 Å². The second-order valence-corrected chi connectivity index (χ2v) is 2.87. The number of halogens is 1. The number of nitrogens with one attached hydrogen (secondary N) is 1. The first kappa shape index (κ1) is 9.06. The molecule has 5 heteroatoms. The molecule has 66 valence electrons. The van der Waals surface area contributed by atoms with Crippen molar-refractivity contribution in [2.45, 2.75) is 12.8 Å². The van der Waals surface area contributed by atoms with E-state index in [0.717, 1.165) is 5.69 Å². The lowest BCUT2D eigenvalue weighted by atomic mass is 10.2. The highest BCUT2D eigenvalue weighted by atomic mass is 35.5. The average molecular weight is 189 g/mol. The Morgan fingerprint density at radius 3 is 2.92 bits per heavy atom. The molecule has 12 heavy (non-hydrogen) atoms. The van der Waals surface area contributed by atoms with Crippen LogP contribution in [0.5, 0.6) is 0 Å². The Morgan fingerprint density at radius 1 is 1.67 bits per heavy atom. The highest BCUT2D eigenvalue weighted by Crippen LogP contribution is 2.14. The number of nitro groups is 1. The van der Waals surface area contributed by atoms with Crippen LogP contribution in [-0.4, -0.2) is 16.5 Å². The molecule has 0 bridgehead atoms. The summed E-state index contributed by atoms with van der Waals surface area (Å²) in [5, 5.41) is 10.6. The fraction of sp³-hybridized carbons (Fsp3) is 0.429.